The van der Waals surface area contributed by atoms with Crippen LogP contribution in [0.15, 0.2) is 54.6 Å². The van der Waals surface area contributed by atoms with Crippen molar-refractivity contribution < 1.29 is 27.5 Å². The fourth-order valence-corrected chi connectivity index (χ4v) is 5.51. The lowest BCUT2D eigenvalue weighted by atomic mass is 10.1. The fraction of sp³-hybridized carbons (Fsp3) is 0.417. The first-order valence-electron chi connectivity index (χ1n) is 10.7. The van der Waals surface area contributed by atoms with Crippen LogP contribution in [0.3, 0.4) is 0 Å². The lowest BCUT2D eigenvalue weighted by molar-refractivity contribution is -0.138. The Balaban J connectivity index is 1.64. The predicted octanol–water partition coefficient (Wildman–Crippen LogP) is 3.24. The number of nitrogens with zero attached hydrogens (tertiary/aromatic N) is 1. The number of carbonyl (C=O) groups is 2. The van der Waals surface area contributed by atoms with Crippen LogP contribution in [0.1, 0.15) is 42.6 Å². The molecule has 0 bridgehead atoms. The van der Waals surface area contributed by atoms with Crippen LogP contribution in [0.2, 0.25) is 0 Å². The highest BCUT2D eigenvalue weighted by molar-refractivity contribution is 7.91. The van der Waals surface area contributed by atoms with Gasteiger partial charge < -0.3 is 14.4 Å². The van der Waals surface area contributed by atoms with Crippen LogP contribution in [-0.4, -0.2) is 55.4 Å². The van der Waals surface area contributed by atoms with E-state index in [-0.39, 0.29) is 36.1 Å². The SMILES string of the molecule is CCC(C)N(C(=O)COC(=O)c1ccccc1COc1ccccc1)C1CCS(=O)(=O)C1. The topological polar surface area (TPSA) is 90.0 Å². The van der Waals surface area contributed by atoms with Crippen LogP contribution >= 0.6 is 0 Å². The Bertz CT molecular complexity index is 1040. The van der Waals surface area contributed by atoms with Crippen molar-refractivity contribution in [3.63, 3.8) is 0 Å². The molecule has 32 heavy (non-hydrogen) atoms. The molecule has 1 aliphatic rings. The maximum absolute atomic E-state index is 12.9. The third-order valence-corrected chi connectivity index (χ3v) is 7.41. The van der Waals surface area contributed by atoms with Crippen LogP contribution < -0.4 is 4.74 Å². The quantitative estimate of drug-likeness (QED) is 0.535. The maximum atomic E-state index is 12.9. The number of rotatable bonds is 9. The number of amides is 1. The molecule has 7 nitrogen and oxygen atoms in total. The van der Waals surface area contributed by atoms with E-state index in [9.17, 15) is 18.0 Å². The molecule has 0 saturated carbocycles. The molecule has 1 aliphatic heterocycles. The molecule has 1 heterocycles. The Labute approximate surface area is 189 Å². The molecule has 1 fully saturated rings. The number of para-hydroxylation sites is 1. The summed E-state index contributed by atoms with van der Waals surface area (Å²) in [6.45, 7) is 3.56. The van der Waals surface area contributed by atoms with Crippen molar-refractivity contribution in [2.24, 2.45) is 0 Å². The Morgan fingerprint density at radius 1 is 1.09 bits per heavy atom. The summed E-state index contributed by atoms with van der Waals surface area (Å²) in [6.07, 6.45) is 1.09. The van der Waals surface area contributed by atoms with Gasteiger partial charge in [-0.05, 0) is 38.0 Å². The van der Waals surface area contributed by atoms with Gasteiger partial charge in [-0.2, -0.15) is 0 Å². The highest BCUT2D eigenvalue weighted by atomic mass is 32.2. The standard InChI is InChI=1S/C24H29NO6S/c1-3-18(2)25(20-13-14-32(28,29)17-20)23(26)16-31-24(27)22-12-8-7-9-19(22)15-30-21-10-5-4-6-11-21/h4-12,18,20H,3,13-17H2,1-2H3. The van der Waals surface area contributed by atoms with Gasteiger partial charge in [-0.15, -0.1) is 0 Å². The molecule has 0 spiro atoms. The fourth-order valence-electron chi connectivity index (χ4n) is 3.80. The van der Waals surface area contributed by atoms with Gasteiger partial charge in [-0.3, -0.25) is 4.79 Å². The minimum absolute atomic E-state index is 0.0450. The highest BCUT2D eigenvalue weighted by Gasteiger charge is 2.36. The second-order valence-electron chi connectivity index (χ2n) is 7.95. The molecule has 8 heteroatoms. The molecule has 2 aromatic rings. The first-order valence-corrected chi connectivity index (χ1v) is 12.6. The Kier molecular flexibility index (Phi) is 7.90. The normalized spacial score (nSPS) is 18.0. The molecule has 0 N–H and O–H groups in total. The predicted molar refractivity (Wildman–Crippen MR) is 121 cm³/mol. The zero-order valence-electron chi connectivity index (χ0n) is 18.4. The summed E-state index contributed by atoms with van der Waals surface area (Å²) in [7, 11) is -3.14. The summed E-state index contributed by atoms with van der Waals surface area (Å²) in [4.78, 5) is 27.2. The van der Waals surface area contributed by atoms with Gasteiger partial charge in [0.25, 0.3) is 5.91 Å². The Morgan fingerprint density at radius 3 is 2.44 bits per heavy atom. The first-order chi connectivity index (χ1) is 15.3. The van der Waals surface area contributed by atoms with E-state index in [0.29, 0.717) is 29.7 Å². The van der Waals surface area contributed by atoms with Gasteiger partial charge in [0.05, 0.1) is 17.1 Å². The number of ether oxygens (including phenoxy) is 2. The second kappa shape index (κ2) is 10.6. The van der Waals surface area contributed by atoms with Gasteiger partial charge >= 0.3 is 5.97 Å². The minimum Gasteiger partial charge on any atom is -0.489 e. The lowest BCUT2D eigenvalue weighted by Crippen LogP contribution is -2.48. The summed E-state index contributed by atoms with van der Waals surface area (Å²) in [5, 5.41) is 0. The summed E-state index contributed by atoms with van der Waals surface area (Å²) in [5.41, 5.74) is 0.976. The molecule has 3 rings (SSSR count). The minimum atomic E-state index is -3.14. The number of carbonyl (C=O) groups excluding carboxylic acids is 2. The van der Waals surface area contributed by atoms with Gasteiger partial charge in [0.2, 0.25) is 0 Å². The van der Waals surface area contributed by atoms with E-state index in [1.165, 1.54) is 0 Å². The van der Waals surface area contributed by atoms with E-state index < -0.39 is 22.4 Å². The van der Waals surface area contributed by atoms with Crippen molar-refractivity contribution in [2.45, 2.75) is 45.4 Å². The number of sulfone groups is 1. The summed E-state index contributed by atoms with van der Waals surface area (Å²) >= 11 is 0. The molecule has 172 valence electrons. The molecule has 1 saturated heterocycles. The van der Waals surface area contributed by atoms with Crippen LogP contribution in [0.4, 0.5) is 0 Å². The zero-order valence-corrected chi connectivity index (χ0v) is 19.2. The molecule has 0 radical (unpaired) electrons. The van der Waals surface area contributed by atoms with E-state index in [4.69, 9.17) is 9.47 Å². The summed E-state index contributed by atoms with van der Waals surface area (Å²) in [5.74, 6) is -0.286. The molecule has 2 aromatic carbocycles. The van der Waals surface area contributed by atoms with Crippen molar-refractivity contribution in [3.05, 3.63) is 65.7 Å². The first kappa shape index (κ1) is 23.8. The van der Waals surface area contributed by atoms with Gasteiger partial charge in [-0.25, -0.2) is 13.2 Å². The van der Waals surface area contributed by atoms with E-state index in [1.54, 1.807) is 29.2 Å². The highest BCUT2D eigenvalue weighted by Crippen LogP contribution is 2.22. The molecule has 1 amide bonds. The average molecular weight is 460 g/mol. The van der Waals surface area contributed by atoms with Crippen LogP contribution in [0.25, 0.3) is 0 Å². The van der Waals surface area contributed by atoms with Crippen molar-refractivity contribution in [1.82, 2.24) is 4.90 Å². The van der Waals surface area contributed by atoms with Gasteiger partial charge in [-0.1, -0.05) is 43.3 Å². The third kappa shape index (κ3) is 6.09. The lowest BCUT2D eigenvalue weighted by Gasteiger charge is -2.33. The van der Waals surface area contributed by atoms with Crippen LogP contribution in [-0.2, 0) is 26.0 Å². The summed E-state index contributed by atoms with van der Waals surface area (Å²) in [6, 6.07) is 15.7. The monoisotopic (exact) mass is 459 g/mol. The van der Waals surface area contributed by atoms with Crippen LogP contribution in [0.5, 0.6) is 5.75 Å². The molecule has 0 aromatic heterocycles. The smallest absolute Gasteiger partial charge is 0.339 e. The number of hydrogen-bond donors (Lipinski definition) is 0. The molecule has 2 atom stereocenters. The van der Waals surface area contributed by atoms with Gasteiger partial charge in [0.1, 0.15) is 12.4 Å². The van der Waals surface area contributed by atoms with Crippen molar-refractivity contribution in [2.75, 3.05) is 18.1 Å². The van der Waals surface area contributed by atoms with E-state index in [2.05, 4.69) is 0 Å². The second-order valence-corrected chi connectivity index (χ2v) is 10.2. The average Bonchev–Trinajstić information content (AvgIpc) is 3.15. The Morgan fingerprint density at radius 2 is 1.78 bits per heavy atom. The van der Waals surface area contributed by atoms with Gasteiger partial charge in [0.15, 0.2) is 16.4 Å². The van der Waals surface area contributed by atoms with Gasteiger partial charge in [0, 0.05) is 17.6 Å². The number of hydrogen-bond acceptors (Lipinski definition) is 6. The molecular formula is C24H29NO6S. The van der Waals surface area contributed by atoms with Crippen molar-refractivity contribution in [1.29, 1.82) is 0 Å². The zero-order chi connectivity index (χ0) is 23.1. The number of esters is 1. The molecule has 2 unspecified atom stereocenters. The van der Waals surface area contributed by atoms with E-state index >= 15 is 0 Å². The van der Waals surface area contributed by atoms with E-state index in [0.717, 1.165) is 0 Å². The summed E-state index contributed by atoms with van der Waals surface area (Å²) < 4.78 is 34.9. The third-order valence-electron chi connectivity index (χ3n) is 5.66. The molecular weight excluding hydrogens is 430 g/mol. The molecule has 0 aliphatic carbocycles. The largest absolute Gasteiger partial charge is 0.489 e. The number of benzene rings is 2. The van der Waals surface area contributed by atoms with E-state index in [1.807, 2.05) is 44.2 Å². The van der Waals surface area contributed by atoms with Crippen LogP contribution in [0, 0.1) is 0 Å². The van der Waals surface area contributed by atoms with Crippen molar-refractivity contribution in [3.8, 4) is 5.75 Å². The van der Waals surface area contributed by atoms with Crippen molar-refractivity contribution >= 4 is 21.7 Å². The maximum Gasteiger partial charge on any atom is 0.339 e. The Hall–Kier alpha value is -2.87.